The first-order chi connectivity index (χ1) is 6.27. The van der Waals surface area contributed by atoms with Crippen LogP contribution < -0.4 is 5.43 Å². The summed E-state index contributed by atoms with van der Waals surface area (Å²) in [5.74, 6) is 0. The Bertz CT molecular complexity index is 201. The summed E-state index contributed by atoms with van der Waals surface area (Å²) in [6.45, 7) is 0.948. The van der Waals surface area contributed by atoms with Crippen LogP contribution in [0.4, 0.5) is 0 Å². The molecular weight excluding hydrogens is 182 g/mol. The van der Waals surface area contributed by atoms with E-state index in [4.69, 9.17) is 12.2 Å². The molecule has 0 unspecified atom stereocenters. The molecule has 1 aliphatic carbocycles. The van der Waals surface area contributed by atoms with Gasteiger partial charge < -0.3 is 4.90 Å². The summed E-state index contributed by atoms with van der Waals surface area (Å²) in [5, 5.41) is 2.96. The number of hydrazine groups is 1. The van der Waals surface area contributed by atoms with Crippen molar-refractivity contribution >= 4 is 17.3 Å². The van der Waals surface area contributed by atoms with E-state index in [1.807, 2.05) is 7.05 Å². The molecule has 0 amide bonds. The normalized spacial score (nSPS) is 26.5. The predicted octanol–water partition coefficient (Wildman–Crippen LogP) is 1.31. The van der Waals surface area contributed by atoms with Gasteiger partial charge in [-0.1, -0.05) is 19.3 Å². The second-order valence-electron chi connectivity index (χ2n) is 4.02. The SMILES string of the molecule is CN1CN(C2CCCCC2)C(=S)N1. The van der Waals surface area contributed by atoms with E-state index in [9.17, 15) is 0 Å². The second kappa shape index (κ2) is 3.80. The van der Waals surface area contributed by atoms with Crippen LogP contribution in [0.3, 0.4) is 0 Å². The minimum atomic E-state index is 0.693. The van der Waals surface area contributed by atoms with Crippen LogP contribution in [0.25, 0.3) is 0 Å². The van der Waals surface area contributed by atoms with E-state index in [2.05, 4.69) is 15.3 Å². The maximum atomic E-state index is 5.27. The molecule has 13 heavy (non-hydrogen) atoms. The summed E-state index contributed by atoms with van der Waals surface area (Å²) < 4.78 is 0. The van der Waals surface area contributed by atoms with Crippen LogP contribution in [0.2, 0.25) is 0 Å². The maximum Gasteiger partial charge on any atom is 0.185 e. The zero-order valence-corrected chi connectivity index (χ0v) is 8.94. The lowest BCUT2D eigenvalue weighted by Gasteiger charge is -2.30. The molecule has 1 saturated carbocycles. The van der Waals surface area contributed by atoms with E-state index < -0.39 is 0 Å². The van der Waals surface area contributed by atoms with Gasteiger partial charge >= 0.3 is 0 Å². The molecule has 1 saturated heterocycles. The average Bonchev–Trinajstić information content (AvgIpc) is 2.47. The molecule has 1 N–H and O–H groups in total. The molecule has 0 atom stereocenters. The molecule has 4 heteroatoms. The van der Waals surface area contributed by atoms with Gasteiger partial charge in [0.1, 0.15) is 0 Å². The van der Waals surface area contributed by atoms with E-state index in [0.717, 1.165) is 11.8 Å². The van der Waals surface area contributed by atoms with Crippen LogP contribution in [-0.2, 0) is 0 Å². The highest BCUT2D eigenvalue weighted by molar-refractivity contribution is 7.80. The van der Waals surface area contributed by atoms with Crippen molar-refractivity contribution in [1.29, 1.82) is 0 Å². The van der Waals surface area contributed by atoms with Gasteiger partial charge in [0, 0.05) is 13.1 Å². The number of thiocarbonyl (C=S) groups is 1. The van der Waals surface area contributed by atoms with Crippen molar-refractivity contribution in [3.8, 4) is 0 Å². The van der Waals surface area contributed by atoms with Crippen LogP contribution in [-0.4, -0.2) is 34.8 Å². The summed E-state index contributed by atoms with van der Waals surface area (Å²) in [6.07, 6.45) is 6.77. The number of rotatable bonds is 1. The molecule has 0 radical (unpaired) electrons. The van der Waals surface area contributed by atoms with Crippen molar-refractivity contribution in [2.24, 2.45) is 0 Å². The first kappa shape index (κ1) is 9.21. The highest BCUT2D eigenvalue weighted by Crippen LogP contribution is 2.23. The monoisotopic (exact) mass is 199 g/mol. The van der Waals surface area contributed by atoms with Gasteiger partial charge in [0.15, 0.2) is 5.11 Å². The quantitative estimate of drug-likeness (QED) is 0.642. The largest absolute Gasteiger partial charge is 0.331 e. The third-order valence-electron chi connectivity index (χ3n) is 2.93. The lowest BCUT2D eigenvalue weighted by molar-refractivity contribution is 0.195. The minimum absolute atomic E-state index is 0.693. The summed E-state index contributed by atoms with van der Waals surface area (Å²) in [5.41, 5.74) is 3.15. The molecule has 74 valence electrons. The third-order valence-corrected chi connectivity index (χ3v) is 3.25. The van der Waals surface area contributed by atoms with Crippen molar-refractivity contribution in [3.63, 3.8) is 0 Å². The van der Waals surface area contributed by atoms with Crippen LogP contribution in [0.15, 0.2) is 0 Å². The standard InChI is InChI=1S/C9H17N3S/c1-11-7-12(9(13)10-11)8-5-3-2-4-6-8/h8H,2-7H2,1H3,(H,10,13). The number of hydrogen-bond acceptors (Lipinski definition) is 2. The molecule has 0 aromatic carbocycles. The van der Waals surface area contributed by atoms with Crippen molar-refractivity contribution in [3.05, 3.63) is 0 Å². The topological polar surface area (TPSA) is 18.5 Å². The minimum Gasteiger partial charge on any atom is -0.331 e. The van der Waals surface area contributed by atoms with Gasteiger partial charge in [0.2, 0.25) is 0 Å². The lowest BCUT2D eigenvalue weighted by Crippen LogP contribution is -2.38. The molecule has 0 aromatic heterocycles. The van der Waals surface area contributed by atoms with Gasteiger partial charge in [-0.2, -0.15) is 0 Å². The van der Waals surface area contributed by atoms with Gasteiger partial charge in [-0.3, -0.25) is 5.43 Å². The van der Waals surface area contributed by atoms with E-state index in [0.29, 0.717) is 6.04 Å². The van der Waals surface area contributed by atoms with Crippen LogP contribution in [0.5, 0.6) is 0 Å². The van der Waals surface area contributed by atoms with E-state index in [1.54, 1.807) is 0 Å². The number of hydrogen-bond donors (Lipinski definition) is 1. The first-order valence-electron chi connectivity index (χ1n) is 5.06. The highest BCUT2D eigenvalue weighted by atomic mass is 32.1. The molecule has 0 spiro atoms. The Hall–Kier alpha value is -0.350. The molecule has 3 nitrogen and oxygen atoms in total. The van der Waals surface area contributed by atoms with E-state index in [1.165, 1.54) is 32.1 Å². The predicted molar refractivity (Wildman–Crippen MR) is 57.1 cm³/mol. The van der Waals surface area contributed by atoms with Crippen molar-refractivity contribution < 1.29 is 0 Å². The fourth-order valence-electron chi connectivity index (χ4n) is 2.23. The molecule has 1 heterocycles. The fourth-order valence-corrected chi connectivity index (χ4v) is 2.59. The zero-order chi connectivity index (χ0) is 9.26. The van der Waals surface area contributed by atoms with Gasteiger partial charge in [-0.15, -0.1) is 0 Å². The molecule has 2 rings (SSSR count). The van der Waals surface area contributed by atoms with Crippen molar-refractivity contribution in [2.75, 3.05) is 13.7 Å². The molecule has 0 bridgehead atoms. The van der Waals surface area contributed by atoms with Crippen LogP contribution in [0.1, 0.15) is 32.1 Å². The Balaban J connectivity index is 1.95. The Morgan fingerprint density at radius 2 is 2.00 bits per heavy atom. The van der Waals surface area contributed by atoms with E-state index >= 15 is 0 Å². The first-order valence-corrected chi connectivity index (χ1v) is 5.46. The lowest BCUT2D eigenvalue weighted by atomic mass is 9.95. The third kappa shape index (κ3) is 1.94. The van der Waals surface area contributed by atoms with Gasteiger partial charge in [0.25, 0.3) is 0 Å². The summed E-state index contributed by atoms with van der Waals surface area (Å²) in [4.78, 5) is 2.33. The van der Waals surface area contributed by atoms with E-state index in [-0.39, 0.29) is 0 Å². The summed E-state index contributed by atoms with van der Waals surface area (Å²) in [7, 11) is 2.04. The smallest absolute Gasteiger partial charge is 0.185 e. The number of nitrogens with zero attached hydrogens (tertiary/aromatic N) is 2. The Kier molecular flexibility index (Phi) is 2.69. The summed E-state index contributed by atoms with van der Waals surface area (Å²) >= 11 is 5.27. The Morgan fingerprint density at radius 3 is 2.54 bits per heavy atom. The molecular formula is C9H17N3S. The van der Waals surface area contributed by atoms with Gasteiger partial charge in [0.05, 0.1) is 6.67 Å². The zero-order valence-electron chi connectivity index (χ0n) is 8.12. The van der Waals surface area contributed by atoms with Crippen LogP contribution in [0, 0.1) is 0 Å². The molecule has 2 fully saturated rings. The summed E-state index contributed by atoms with van der Waals surface area (Å²) in [6, 6.07) is 0.693. The maximum absolute atomic E-state index is 5.27. The molecule has 2 aliphatic rings. The average molecular weight is 199 g/mol. The Morgan fingerprint density at radius 1 is 1.31 bits per heavy atom. The number of nitrogens with one attached hydrogen (secondary N) is 1. The van der Waals surface area contributed by atoms with Crippen molar-refractivity contribution in [2.45, 2.75) is 38.1 Å². The molecule has 0 aromatic rings. The fraction of sp³-hybridized carbons (Fsp3) is 0.889. The highest BCUT2D eigenvalue weighted by Gasteiger charge is 2.28. The second-order valence-corrected chi connectivity index (χ2v) is 4.40. The molecule has 1 aliphatic heterocycles. The van der Waals surface area contributed by atoms with Crippen LogP contribution >= 0.6 is 12.2 Å². The van der Waals surface area contributed by atoms with Crippen molar-refractivity contribution in [1.82, 2.24) is 15.3 Å². The van der Waals surface area contributed by atoms with Gasteiger partial charge in [-0.05, 0) is 25.1 Å². The van der Waals surface area contributed by atoms with Gasteiger partial charge in [-0.25, -0.2) is 5.01 Å². The Labute approximate surface area is 85.0 Å².